The van der Waals surface area contributed by atoms with Gasteiger partial charge in [-0.15, -0.1) is 0 Å². The lowest BCUT2D eigenvalue weighted by atomic mass is 10.1. The van der Waals surface area contributed by atoms with Gasteiger partial charge in [-0.2, -0.15) is 0 Å². The van der Waals surface area contributed by atoms with Crippen molar-refractivity contribution in [1.29, 1.82) is 0 Å². The van der Waals surface area contributed by atoms with Gasteiger partial charge >= 0.3 is 0 Å². The zero-order valence-electron chi connectivity index (χ0n) is 10.2. The van der Waals surface area contributed by atoms with E-state index >= 15 is 0 Å². The highest BCUT2D eigenvalue weighted by Gasteiger charge is 2.20. The molecule has 1 amide bonds. The molecular formula is C13H17ClN2O. The van der Waals surface area contributed by atoms with Crippen molar-refractivity contribution in [3.05, 3.63) is 28.8 Å². The molecule has 0 aliphatic carbocycles. The van der Waals surface area contributed by atoms with Gasteiger partial charge in [0.05, 0.1) is 6.54 Å². The van der Waals surface area contributed by atoms with E-state index in [1.54, 1.807) is 4.90 Å². The van der Waals surface area contributed by atoms with Gasteiger partial charge < -0.3 is 9.80 Å². The predicted molar refractivity (Wildman–Crippen MR) is 70.7 cm³/mol. The summed E-state index contributed by atoms with van der Waals surface area (Å²) in [6.07, 6.45) is 0.994. The third-order valence-electron chi connectivity index (χ3n) is 3.19. The Balaban J connectivity index is 2.26. The lowest BCUT2D eigenvalue weighted by Crippen LogP contribution is -2.34. The Labute approximate surface area is 107 Å². The first-order valence-electron chi connectivity index (χ1n) is 5.83. The summed E-state index contributed by atoms with van der Waals surface area (Å²) in [5.74, 6) is 0.168. The molecule has 1 aliphatic rings. The smallest absolute Gasteiger partial charge is 0.241 e. The molecule has 0 atom stereocenters. The predicted octanol–water partition coefficient (Wildman–Crippen LogP) is 2.32. The molecule has 17 heavy (non-hydrogen) atoms. The molecule has 0 bridgehead atoms. The van der Waals surface area contributed by atoms with Crippen LogP contribution in [0.15, 0.2) is 18.2 Å². The highest BCUT2D eigenvalue weighted by atomic mass is 35.5. The van der Waals surface area contributed by atoms with E-state index in [-0.39, 0.29) is 5.91 Å². The van der Waals surface area contributed by atoms with Gasteiger partial charge in [-0.25, -0.2) is 0 Å². The number of aryl methyl sites for hydroxylation is 1. The van der Waals surface area contributed by atoms with E-state index in [9.17, 15) is 4.79 Å². The average Bonchev–Trinajstić information content (AvgIpc) is 2.45. The van der Waals surface area contributed by atoms with E-state index in [4.69, 9.17) is 11.6 Å². The van der Waals surface area contributed by atoms with E-state index in [0.29, 0.717) is 6.54 Å². The fourth-order valence-corrected chi connectivity index (χ4v) is 2.28. The van der Waals surface area contributed by atoms with Crippen molar-refractivity contribution in [2.24, 2.45) is 0 Å². The molecule has 0 N–H and O–H groups in total. The first-order valence-corrected chi connectivity index (χ1v) is 6.21. The van der Waals surface area contributed by atoms with Crippen LogP contribution in [0.5, 0.6) is 0 Å². The summed E-state index contributed by atoms with van der Waals surface area (Å²) in [5.41, 5.74) is 2.23. The number of carbonyl (C=O) groups excluding carboxylic acids is 1. The number of rotatable bonds is 1. The van der Waals surface area contributed by atoms with Crippen molar-refractivity contribution in [2.75, 3.05) is 31.6 Å². The van der Waals surface area contributed by atoms with Gasteiger partial charge in [0.15, 0.2) is 0 Å². The van der Waals surface area contributed by atoms with Crippen LogP contribution in [0.25, 0.3) is 0 Å². The lowest BCUT2D eigenvalue weighted by molar-refractivity contribution is -0.127. The molecule has 1 heterocycles. The standard InChI is InChI=1S/C13H17ClN2O/c1-10-4-5-11(14)8-12(10)16-7-3-6-15(2)13(17)9-16/h4-5,8H,3,6-7,9H2,1-2H3. The molecule has 0 spiro atoms. The summed E-state index contributed by atoms with van der Waals surface area (Å²) in [6.45, 7) is 4.22. The number of carbonyl (C=O) groups is 1. The van der Waals surface area contributed by atoms with Crippen molar-refractivity contribution in [2.45, 2.75) is 13.3 Å². The molecule has 3 nitrogen and oxygen atoms in total. The van der Waals surface area contributed by atoms with Gasteiger partial charge in [0.25, 0.3) is 0 Å². The summed E-state index contributed by atoms with van der Waals surface area (Å²) in [5, 5.41) is 0.718. The fourth-order valence-electron chi connectivity index (χ4n) is 2.12. The Hall–Kier alpha value is -1.22. The van der Waals surface area contributed by atoms with E-state index in [1.165, 1.54) is 0 Å². The minimum absolute atomic E-state index is 0.168. The fraction of sp³-hybridized carbons (Fsp3) is 0.462. The normalized spacial score (nSPS) is 17.2. The molecule has 92 valence electrons. The van der Waals surface area contributed by atoms with E-state index < -0.39 is 0 Å². The van der Waals surface area contributed by atoms with Crippen LogP contribution in [0.3, 0.4) is 0 Å². The molecule has 1 aromatic carbocycles. The topological polar surface area (TPSA) is 23.6 Å². The number of likely N-dealkylation sites (N-methyl/N-ethyl adjacent to an activating group) is 1. The second-order valence-electron chi connectivity index (χ2n) is 4.52. The summed E-state index contributed by atoms with van der Waals surface area (Å²) in [4.78, 5) is 15.8. The molecule has 4 heteroatoms. The Morgan fingerprint density at radius 2 is 2.06 bits per heavy atom. The van der Waals surface area contributed by atoms with Crippen molar-refractivity contribution < 1.29 is 4.79 Å². The van der Waals surface area contributed by atoms with Gasteiger partial charge in [0, 0.05) is 30.8 Å². The van der Waals surface area contributed by atoms with Gasteiger partial charge in [0.2, 0.25) is 5.91 Å². The van der Waals surface area contributed by atoms with Crippen LogP contribution in [0, 0.1) is 6.92 Å². The molecule has 2 rings (SSSR count). The molecule has 1 aromatic rings. The molecule has 0 unspecified atom stereocenters. The lowest BCUT2D eigenvalue weighted by Gasteiger charge is -2.24. The van der Waals surface area contributed by atoms with Gasteiger partial charge in [-0.3, -0.25) is 4.79 Å². The van der Waals surface area contributed by atoms with Crippen molar-refractivity contribution >= 4 is 23.2 Å². The second-order valence-corrected chi connectivity index (χ2v) is 4.96. The first kappa shape index (κ1) is 12.2. The maximum atomic E-state index is 11.8. The van der Waals surface area contributed by atoms with Crippen LogP contribution >= 0.6 is 11.6 Å². The highest BCUT2D eigenvalue weighted by molar-refractivity contribution is 6.30. The van der Waals surface area contributed by atoms with Gasteiger partial charge in [-0.1, -0.05) is 17.7 Å². The number of nitrogens with zero attached hydrogens (tertiary/aromatic N) is 2. The Bertz CT molecular complexity index is 433. The summed E-state index contributed by atoms with van der Waals surface area (Å²) < 4.78 is 0. The Morgan fingerprint density at radius 3 is 2.82 bits per heavy atom. The number of hydrogen-bond donors (Lipinski definition) is 0. The molecular weight excluding hydrogens is 236 g/mol. The van der Waals surface area contributed by atoms with Crippen molar-refractivity contribution in [3.63, 3.8) is 0 Å². The number of amides is 1. The molecule has 0 aromatic heterocycles. The van der Waals surface area contributed by atoms with Gasteiger partial charge in [-0.05, 0) is 31.0 Å². The van der Waals surface area contributed by atoms with Crippen LogP contribution in [0.2, 0.25) is 5.02 Å². The molecule has 1 saturated heterocycles. The van der Waals surface area contributed by atoms with Crippen molar-refractivity contribution in [3.8, 4) is 0 Å². The van der Waals surface area contributed by atoms with Crippen LogP contribution in [-0.2, 0) is 4.79 Å². The number of benzene rings is 1. The van der Waals surface area contributed by atoms with Crippen LogP contribution < -0.4 is 4.90 Å². The largest absolute Gasteiger partial charge is 0.362 e. The van der Waals surface area contributed by atoms with Crippen molar-refractivity contribution in [1.82, 2.24) is 4.90 Å². The van der Waals surface area contributed by atoms with Crippen LogP contribution in [-0.4, -0.2) is 37.5 Å². The minimum Gasteiger partial charge on any atom is -0.362 e. The molecule has 0 saturated carbocycles. The van der Waals surface area contributed by atoms with Crippen LogP contribution in [0.4, 0.5) is 5.69 Å². The summed E-state index contributed by atoms with van der Waals surface area (Å²) in [7, 11) is 1.86. The summed E-state index contributed by atoms with van der Waals surface area (Å²) in [6, 6.07) is 5.82. The Kier molecular flexibility index (Phi) is 3.57. The highest BCUT2D eigenvalue weighted by Crippen LogP contribution is 2.25. The minimum atomic E-state index is 0.168. The quantitative estimate of drug-likeness (QED) is 0.766. The number of halogens is 1. The van der Waals surface area contributed by atoms with E-state index in [0.717, 1.165) is 35.8 Å². The van der Waals surface area contributed by atoms with E-state index in [2.05, 4.69) is 4.90 Å². The SMILES string of the molecule is Cc1ccc(Cl)cc1N1CCCN(C)C(=O)C1. The summed E-state index contributed by atoms with van der Waals surface area (Å²) >= 11 is 6.02. The second kappa shape index (κ2) is 4.96. The molecule has 1 aliphatic heterocycles. The third kappa shape index (κ3) is 2.72. The third-order valence-corrected chi connectivity index (χ3v) is 3.42. The first-order chi connectivity index (χ1) is 8.08. The zero-order chi connectivity index (χ0) is 12.4. The van der Waals surface area contributed by atoms with Crippen LogP contribution in [0.1, 0.15) is 12.0 Å². The molecule has 0 radical (unpaired) electrons. The zero-order valence-corrected chi connectivity index (χ0v) is 11.0. The average molecular weight is 253 g/mol. The Morgan fingerprint density at radius 1 is 1.29 bits per heavy atom. The number of hydrogen-bond acceptors (Lipinski definition) is 2. The maximum absolute atomic E-state index is 11.8. The van der Waals surface area contributed by atoms with Gasteiger partial charge in [0.1, 0.15) is 0 Å². The number of anilines is 1. The monoisotopic (exact) mass is 252 g/mol. The maximum Gasteiger partial charge on any atom is 0.241 e. The van der Waals surface area contributed by atoms with E-state index in [1.807, 2.05) is 32.2 Å². The molecule has 1 fully saturated rings.